The van der Waals surface area contributed by atoms with Crippen LogP contribution in [0.15, 0.2) is 58.3 Å². The zero-order valence-electron chi connectivity index (χ0n) is 25.4. The van der Waals surface area contributed by atoms with Crippen molar-refractivity contribution in [3.63, 3.8) is 0 Å². The van der Waals surface area contributed by atoms with Crippen LogP contribution in [-0.2, 0) is 19.2 Å². The number of nitro groups is 2. The molecule has 2 saturated heterocycles. The van der Waals surface area contributed by atoms with Gasteiger partial charge in [-0.05, 0) is 25.0 Å². The number of hydrogen-bond acceptors (Lipinski definition) is 14. The number of nitrogens with one attached hydrogen (secondary N) is 4. The summed E-state index contributed by atoms with van der Waals surface area (Å²) in [6, 6.07) is 9.89. The summed E-state index contributed by atoms with van der Waals surface area (Å²) in [6.07, 6.45) is 0.0610. The van der Waals surface area contributed by atoms with Gasteiger partial charge in [-0.3, -0.25) is 80.5 Å². The second kappa shape index (κ2) is 16.9. The zero-order chi connectivity index (χ0) is 36.5. The van der Waals surface area contributed by atoms with Gasteiger partial charge in [-0.1, -0.05) is 60.1 Å². The van der Waals surface area contributed by atoms with E-state index in [4.69, 9.17) is 24.4 Å². The molecule has 0 unspecified atom stereocenters. The molecule has 4 rings (SSSR count). The molecule has 0 spiro atoms. The summed E-state index contributed by atoms with van der Waals surface area (Å²) in [4.78, 5) is 98.4. The van der Waals surface area contributed by atoms with Crippen molar-refractivity contribution in [2.45, 2.75) is 25.7 Å². The van der Waals surface area contributed by atoms with Gasteiger partial charge in [-0.25, -0.2) is 0 Å². The largest absolute Gasteiger partial charge is 0.293 e. The maximum absolute atomic E-state index is 13.2. The molecular formula is C28H24N8O10S4. The molecule has 50 heavy (non-hydrogen) atoms. The fourth-order valence-electron chi connectivity index (χ4n) is 4.29. The Balaban J connectivity index is 1.21. The second-order valence-electron chi connectivity index (χ2n) is 10.1. The third-order valence-corrected chi connectivity index (χ3v) is 9.77. The Morgan fingerprint density at radius 1 is 0.660 bits per heavy atom. The first-order valence-electron chi connectivity index (χ1n) is 14.3. The van der Waals surface area contributed by atoms with Gasteiger partial charge in [-0.2, -0.15) is 0 Å². The standard InChI is InChI=1S/C28H24N8O10S4/c37-19(29-31-23(39)15-5-1-7-17(13-15)35(43)44)9-3-11-33-25(41)21(49-27(33)47)22-26(42)34(28(48)50-22)12-4-10-20(38)30-32-24(40)16-6-2-8-18(14-16)36(45)46/h1-2,5-8,13-14H,3-4,9-12H2,(H,29,37)(H,30,38)(H,31,39)(H,32,40). The van der Waals surface area contributed by atoms with Gasteiger partial charge in [0.25, 0.3) is 35.0 Å². The van der Waals surface area contributed by atoms with Crippen molar-refractivity contribution in [3.8, 4) is 0 Å². The Hall–Kier alpha value is -5.32. The first-order valence-corrected chi connectivity index (χ1v) is 16.7. The minimum absolute atomic E-state index is 0.0319. The summed E-state index contributed by atoms with van der Waals surface area (Å²) in [5.41, 5.74) is 8.10. The lowest BCUT2D eigenvalue weighted by Crippen LogP contribution is -2.42. The Kier molecular flexibility index (Phi) is 12.7. The number of thiocarbonyl (C=S) groups is 2. The van der Waals surface area contributed by atoms with Crippen LogP contribution in [0.4, 0.5) is 11.4 Å². The lowest BCUT2D eigenvalue weighted by atomic mass is 10.2. The fraction of sp³-hybridized carbons (Fsp3) is 0.214. The van der Waals surface area contributed by atoms with E-state index in [1.165, 1.54) is 46.2 Å². The number of carbonyl (C=O) groups is 6. The van der Waals surface area contributed by atoms with Crippen molar-refractivity contribution in [2.75, 3.05) is 13.1 Å². The van der Waals surface area contributed by atoms with Crippen molar-refractivity contribution >= 4 is 103 Å². The number of nitro benzene ring substituents is 2. The molecule has 4 N–H and O–H groups in total. The van der Waals surface area contributed by atoms with E-state index in [1.807, 2.05) is 0 Å². The first kappa shape index (κ1) is 37.5. The van der Waals surface area contributed by atoms with E-state index in [1.54, 1.807) is 0 Å². The molecule has 0 radical (unpaired) electrons. The van der Waals surface area contributed by atoms with Crippen LogP contribution in [0.2, 0.25) is 0 Å². The molecule has 22 heteroatoms. The maximum atomic E-state index is 13.2. The highest BCUT2D eigenvalue weighted by atomic mass is 32.2. The summed E-state index contributed by atoms with van der Waals surface area (Å²) in [5.74, 6) is -3.79. The summed E-state index contributed by atoms with van der Waals surface area (Å²) < 4.78 is 0.331. The number of hydrogen-bond donors (Lipinski definition) is 4. The SMILES string of the molecule is O=C(CCCN1C(=O)C(=C2SC(=S)N(CCCC(=O)NNC(=O)c3cccc([N+](=O)[O-])c3)C2=O)SC1=S)NNC(=O)c1cccc([N+](=O)[O-])c1. The minimum Gasteiger partial charge on any atom is -0.293 e. The number of hydrazine groups is 2. The van der Waals surface area contributed by atoms with E-state index < -0.39 is 45.3 Å². The Bertz CT molecular complexity index is 1740. The number of nitrogens with zero attached hydrogens (tertiary/aromatic N) is 4. The average Bonchev–Trinajstić information content (AvgIpc) is 3.54. The monoisotopic (exact) mass is 760 g/mol. The van der Waals surface area contributed by atoms with Gasteiger partial charge in [-0.15, -0.1) is 0 Å². The first-order chi connectivity index (χ1) is 23.8. The Morgan fingerprint density at radius 3 is 1.40 bits per heavy atom. The molecule has 0 saturated carbocycles. The van der Waals surface area contributed by atoms with Gasteiger partial charge in [0.05, 0.1) is 19.7 Å². The third kappa shape index (κ3) is 9.43. The average molecular weight is 761 g/mol. The molecule has 2 aromatic carbocycles. The van der Waals surface area contributed by atoms with E-state index in [0.717, 1.165) is 35.7 Å². The molecule has 2 aromatic rings. The topological polar surface area (TPSA) is 243 Å². The van der Waals surface area contributed by atoms with Gasteiger partial charge in [0.1, 0.15) is 8.64 Å². The van der Waals surface area contributed by atoms with Crippen LogP contribution in [0, 0.1) is 20.2 Å². The quantitative estimate of drug-likeness (QED) is 0.105. The Morgan fingerprint density at radius 2 is 1.04 bits per heavy atom. The molecule has 2 aliphatic heterocycles. The smallest absolute Gasteiger partial charge is 0.270 e. The van der Waals surface area contributed by atoms with Crippen molar-refractivity contribution in [3.05, 3.63) is 89.7 Å². The van der Waals surface area contributed by atoms with Gasteiger partial charge in [0, 0.05) is 61.3 Å². The molecule has 260 valence electrons. The minimum atomic E-state index is -0.761. The summed E-state index contributed by atoms with van der Waals surface area (Å²) >= 11 is 12.5. The van der Waals surface area contributed by atoms with Gasteiger partial charge in [0.2, 0.25) is 11.8 Å². The van der Waals surface area contributed by atoms with E-state index >= 15 is 0 Å². The summed E-state index contributed by atoms with van der Waals surface area (Å²) in [7, 11) is 0. The number of rotatable bonds is 12. The van der Waals surface area contributed by atoms with Gasteiger partial charge in [0.15, 0.2) is 0 Å². The number of thioether (sulfide) groups is 2. The van der Waals surface area contributed by atoms with Crippen LogP contribution >= 0.6 is 48.0 Å². The van der Waals surface area contributed by atoms with Crippen molar-refractivity contribution in [2.24, 2.45) is 0 Å². The van der Waals surface area contributed by atoms with E-state index in [2.05, 4.69) is 21.7 Å². The van der Waals surface area contributed by atoms with Gasteiger partial charge >= 0.3 is 0 Å². The molecule has 2 heterocycles. The van der Waals surface area contributed by atoms with Crippen LogP contribution < -0.4 is 21.7 Å². The number of non-ortho nitro benzene ring substituents is 2. The molecule has 18 nitrogen and oxygen atoms in total. The molecule has 0 aromatic heterocycles. The molecule has 0 aliphatic carbocycles. The van der Waals surface area contributed by atoms with E-state index in [9.17, 15) is 49.0 Å². The number of amides is 6. The predicted molar refractivity (Wildman–Crippen MR) is 187 cm³/mol. The molecule has 2 fully saturated rings. The van der Waals surface area contributed by atoms with E-state index in [-0.39, 0.29) is 79.7 Å². The highest BCUT2D eigenvalue weighted by Crippen LogP contribution is 2.42. The number of carbonyl (C=O) groups excluding carboxylic acids is 6. The molecule has 0 bridgehead atoms. The maximum Gasteiger partial charge on any atom is 0.270 e. The normalized spacial score (nSPS) is 15.6. The Labute approximate surface area is 301 Å². The molecule has 2 aliphatic rings. The van der Waals surface area contributed by atoms with Crippen LogP contribution in [-0.4, -0.2) is 76.8 Å². The van der Waals surface area contributed by atoms with Crippen molar-refractivity contribution in [1.29, 1.82) is 0 Å². The summed E-state index contributed by atoms with van der Waals surface area (Å²) in [6.45, 7) is 0.0705. The van der Waals surface area contributed by atoms with Crippen LogP contribution in [0.1, 0.15) is 46.4 Å². The fourth-order valence-corrected chi connectivity index (χ4v) is 7.07. The highest BCUT2D eigenvalue weighted by Gasteiger charge is 2.41. The van der Waals surface area contributed by atoms with Crippen LogP contribution in [0.3, 0.4) is 0 Å². The number of benzene rings is 2. The molecule has 0 atom stereocenters. The zero-order valence-corrected chi connectivity index (χ0v) is 28.6. The molecular weight excluding hydrogens is 737 g/mol. The lowest BCUT2D eigenvalue weighted by molar-refractivity contribution is -0.385. The second-order valence-corrected chi connectivity index (χ2v) is 13.4. The van der Waals surface area contributed by atoms with Crippen LogP contribution in [0.25, 0.3) is 0 Å². The van der Waals surface area contributed by atoms with Gasteiger partial charge < -0.3 is 0 Å². The predicted octanol–water partition coefficient (Wildman–Crippen LogP) is 2.22. The summed E-state index contributed by atoms with van der Waals surface area (Å²) in [5, 5.41) is 21.8. The highest BCUT2D eigenvalue weighted by molar-refractivity contribution is 8.29. The van der Waals surface area contributed by atoms with Crippen molar-refractivity contribution < 1.29 is 38.6 Å². The van der Waals surface area contributed by atoms with Crippen LogP contribution in [0.5, 0.6) is 0 Å². The third-order valence-electron chi connectivity index (χ3n) is 6.74. The van der Waals surface area contributed by atoms with E-state index in [0.29, 0.717) is 0 Å². The van der Waals surface area contributed by atoms with Crippen molar-refractivity contribution in [1.82, 2.24) is 31.5 Å². The molecule has 6 amide bonds. The lowest BCUT2D eigenvalue weighted by Gasteiger charge is -2.15.